The van der Waals surface area contributed by atoms with Gasteiger partial charge in [0.2, 0.25) is 11.8 Å². The predicted molar refractivity (Wildman–Crippen MR) is 80.3 cm³/mol. The van der Waals surface area contributed by atoms with Gasteiger partial charge in [0, 0.05) is 0 Å². The van der Waals surface area contributed by atoms with E-state index >= 15 is 0 Å². The molecule has 8 N–H and O–H groups in total. The molecule has 0 aliphatic carbocycles. The summed E-state index contributed by atoms with van der Waals surface area (Å²) < 4.78 is 0. The highest BCUT2D eigenvalue weighted by Crippen LogP contribution is 2.02. The summed E-state index contributed by atoms with van der Waals surface area (Å²) in [5.74, 6) is -3.54. The molecule has 132 valence electrons. The van der Waals surface area contributed by atoms with Gasteiger partial charge in [0.1, 0.15) is 18.1 Å². The van der Waals surface area contributed by atoms with Crippen molar-refractivity contribution in [2.45, 2.75) is 57.3 Å². The molecule has 2 unspecified atom stereocenters. The highest BCUT2D eigenvalue weighted by Gasteiger charge is 2.23. The largest absolute Gasteiger partial charge is 0.480 e. The van der Waals surface area contributed by atoms with Gasteiger partial charge in [-0.05, 0) is 33.1 Å². The van der Waals surface area contributed by atoms with Gasteiger partial charge in [0.05, 0.1) is 6.04 Å². The van der Waals surface area contributed by atoms with Crippen molar-refractivity contribution < 1.29 is 29.4 Å². The lowest BCUT2D eigenvalue weighted by Gasteiger charge is -2.18. The van der Waals surface area contributed by atoms with E-state index in [0.717, 1.165) is 0 Å². The minimum atomic E-state index is -1.19. The van der Waals surface area contributed by atoms with Gasteiger partial charge in [-0.1, -0.05) is 0 Å². The lowest BCUT2D eigenvalue weighted by molar-refractivity contribution is -0.141. The molecule has 0 spiro atoms. The SMILES string of the molecule is C[C@@H](NC(=O)[C@@H](C)NC(=O)C(N)CCCC(N)C(=O)O)C(=O)O. The van der Waals surface area contributed by atoms with Crippen LogP contribution in [0.3, 0.4) is 0 Å². The molecule has 0 saturated heterocycles. The molecule has 0 aromatic carbocycles. The fraction of sp³-hybridized carbons (Fsp3) is 0.692. The third kappa shape index (κ3) is 8.12. The topological polar surface area (TPSA) is 185 Å². The first kappa shape index (κ1) is 20.8. The minimum absolute atomic E-state index is 0.183. The van der Waals surface area contributed by atoms with Crippen LogP contribution in [-0.2, 0) is 19.2 Å². The number of carboxylic acid groups (broad SMARTS) is 2. The number of nitrogens with two attached hydrogens (primary N) is 2. The molecule has 0 radical (unpaired) electrons. The van der Waals surface area contributed by atoms with Crippen molar-refractivity contribution in [3.05, 3.63) is 0 Å². The maximum absolute atomic E-state index is 11.8. The Morgan fingerprint density at radius 3 is 1.78 bits per heavy atom. The molecular formula is C13H24N4O6. The van der Waals surface area contributed by atoms with Crippen LogP contribution >= 0.6 is 0 Å². The zero-order chi connectivity index (χ0) is 18.2. The molecule has 0 bridgehead atoms. The first-order valence-corrected chi connectivity index (χ1v) is 7.13. The molecule has 2 amide bonds. The maximum Gasteiger partial charge on any atom is 0.325 e. The summed E-state index contributed by atoms with van der Waals surface area (Å²) in [7, 11) is 0. The van der Waals surface area contributed by atoms with E-state index in [9.17, 15) is 19.2 Å². The second kappa shape index (κ2) is 9.74. The number of nitrogens with one attached hydrogen (secondary N) is 2. The Morgan fingerprint density at radius 2 is 1.30 bits per heavy atom. The Balaban J connectivity index is 4.22. The number of amides is 2. The average molecular weight is 332 g/mol. The van der Waals surface area contributed by atoms with Gasteiger partial charge in [-0.3, -0.25) is 19.2 Å². The summed E-state index contributed by atoms with van der Waals surface area (Å²) in [5.41, 5.74) is 11.0. The number of hydrogen-bond donors (Lipinski definition) is 6. The fourth-order valence-corrected chi connectivity index (χ4v) is 1.60. The van der Waals surface area contributed by atoms with Crippen molar-refractivity contribution >= 4 is 23.8 Å². The van der Waals surface area contributed by atoms with Gasteiger partial charge in [0.25, 0.3) is 0 Å². The third-order valence-electron chi connectivity index (χ3n) is 3.17. The Bertz CT molecular complexity index is 456. The summed E-state index contributed by atoms with van der Waals surface area (Å²) in [6.45, 7) is 2.70. The average Bonchev–Trinajstić information content (AvgIpc) is 2.46. The smallest absolute Gasteiger partial charge is 0.325 e. The van der Waals surface area contributed by atoms with E-state index in [4.69, 9.17) is 21.7 Å². The van der Waals surface area contributed by atoms with Crippen molar-refractivity contribution in [2.24, 2.45) is 11.5 Å². The summed E-state index contributed by atoms with van der Waals surface area (Å²) in [6, 6.07) is -3.94. The fourth-order valence-electron chi connectivity index (χ4n) is 1.60. The predicted octanol–water partition coefficient (Wildman–Crippen LogP) is -2.01. The zero-order valence-electron chi connectivity index (χ0n) is 13.1. The normalized spacial score (nSPS) is 15.8. The van der Waals surface area contributed by atoms with E-state index in [1.54, 1.807) is 0 Å². The van der Waals surface area contributed by atoms with Crippen LogP contribution < -0.4 is 22.1 Å². The van der Waals surface area contributed by atoms with Gasteiger partial charge in [-0.15, -0.1) is 0 Å². The van der Waals surface area contributed by atoms with Crippen molar-refractivity contribution in [1.29, 1.82) is 0 Å². The Hall–Kier alpha value is -2.20. The number of aliphatic carboxylic acids is 2. The molecule has 0 rings (SSSR count). The number of carbonyl (C=O) groups excluding carboxylic acids is 2. The molecule has 0 aromatic rings. The first-order chi connectivity index (χ1) is 10.6. The molecule has 0 aromatic heterocycles. The Morgan fingerprint density at radius 1 is 0.826 bits per heavy atom. The second-order valence-corrected chi connectivity index (χ2v) is 5.28. The molecule has 0 saturated carbocycles. The van der Waals surface area contributed by atoms with Crippen LogP contribution in [0.2, 0.25) is 0 Å². The standard InChI is InChI=1S/C13H24N4O6/c1-6(10(18)17-7(2)12(20)21)16-11(19)8(14)4-3-5-9(15)13(22)23/h6-9H,3-5,14-15H2,1-2H3,(H,16,19)(H,17,18)(H,20,21)(H,22,23)/t6-,7-,8?,9?/m1/s1. The van der Waals surface area contributed by atoms with Gasteiger partial charge < -0.3 is 32.3 Å². The Kier molecular flexibility index (Phi) is 8.81. The van der Waals surface area contributed by atoms with E-state index < -0.39 is 47.9 Å². The monoisotopic (exact) mass is 332 g/mol. The van der Waals surface area contributed by atoms with Crippen LogP contribution in [0.15, 0.2) is 0 Å². The number of carbonyl (C=O) groups is 4. The van der Waals surface area contributed by atoms with E-state index in [1.807, 2.05) is 0 Å². The molecule has 10 heteroatoms. The summed E-state index contributed by atoms with van der Waals surface area (Å²) >= 11 is 0. The molecule has 0 heterocycles. The van der Waals surface area contributed by atoms with Crippen LogP contribution in [0.25, 0.3) is 0 Å². The molecule has 0 fully saturated rings. The quantitative estimate of drug-likeness (QED) is 0.265. The highest BCUT2D eigenvalue weighted by atomic mass is 16.4. The van der Waals surface area contributed by atoms with E-state index in [0.29, 0.717) is 6.42 Å². The summed E-state index contributed by atoms with van der Waals surface area (Å²) in [4.78, 5) is 44.7. The van der Waals surface area contributed by atoms with Crippen molar-refractivity contribution in [3.8, 4) is 0 Å². The third-order valence-corrected chi connectivity index (χ3v) is 3.17. The van der Waals surface area contributed by atoms with E-state index in [-0.39, 0.29) is 12.8 Å². The number of hydrogen-bond acceptors (Lipinski definition) is 6. The molecule has 4 atom stereocenters. The van der Waals surface area contributed by atoms with Gasteiger partial charge in [0.15, 0.2) is 0 Å². The van der Waals surface area contributed by atoms with Crippen molar-refractivity contribution in [3.63, 3.8) is 0 Å². The van der Waals surface area contributed by atoms with Gasteiger partial charge in [-0.2, -0.15) is 0 Å². The zero-order valence-corrected chi connectivity index (χ0v) is 13.1. The van der Waals surface area contributed by atoms with Crippen molar-refractivity contribution in [2.75, 3.05) is 0 Å². The van der Waals surface area contributed by atoms with Crippen molar-refractivity contribution in [1.82, 2.24) is 10.6 Å². The summed E-state index contributed by atoms with van der Waals surface area (Å²) in [6.07, 6.45) is 0.744. The lowest BCUT2D eigenvalue weighted by atomic mass is 10.1. The Labute approximate surface area is 133 Å². The molecule has 10 nitrogen and oxygen atoms in total. The van der Waals surface area contributed by atoms with Crippen LogP contribution in [0.4, 0.5) is 0 Å². The molecular weight excluding hydrogens is 308 g/mol. The van der Waals surface area contributed by atoms with Gasteiger partial charge >= 0.3 is 11.9 Å². The van der Waals surface area contributed by atoms with E-state index in [1.165, 1.54) is 13.8 Å². The van der Waals surface area contributed by atoms with Crippen LogP contribution in [0, 0.1) is 0 Å². The number of rotatable bonds is 10. The molecule has 0 aliphatic rings. The number of carboxylic acids is 2. The van der Waals surface area contributed by atoms with Crippen LogP contribution in [0.1, 0.15) is 33.1 Å². The van der Waals surface area contributed by atoms with Crippen LogP contribution in [-0.4, -0.2) is 58.1 Å². The lowest BCUT2D eigenvalue weighted by Crippen LogP contribution is -2.52. The van der Waals surface area contributed by atoms with Crippen LogP contribution in [0.5, 0.6) is 0 Å². The van der Waals surface area contributed by atoms with E-state index in [2.05, 4.69) is 10.6 Å². The van der Waals surface area contributed by atoms with Gasteiger partial charge in [-0.25, -0.2) is 0 Å². The minimum Gasteiger partial charge on any atom is -0.480 e. The first-order valence-electron chi connectivity index (χ1n) is 7.13. The highest BCUT2D eigenvalue weighted by molar-refractivity contribution is 5.91. The molecule has 23 heavy (non-hydrogen) atoms. The summed E-state index contributed by atoms with van der Waals surface area (Å²) in [5, 5.41) is 21.9. The maximum atomic E-state index is 11.8. The second-order valence-electron chi connectivity index (χ2n) is 5.28. The molecule has 0 aliphatic heterocycles.